The maximum Gasteiger partial charge on any atom is 0.328 e. The lowest BCUT2D eigenvalue weighted by atomic mass is 10.0. The number of carbonyl (C=O) groups is 2. The number of aromatic hydroxyl groups is 1. The van der Waals surface area contributed by atoms with E-state index >= 15 is 0 Å². The van der Waals surface area contributed by atoms with Gasteiger partial charge in [-0.3, -0.25) is 4.79 Å². The van der Waals surface area contributed by atoms with Gasteiger partial charge >= 0.3 is 5.97 Å². The number of hydrogen-bond donors (Lipinski definition) is 2. The molecule has 6 nitrogen and oxygen atoms in total. The Kier molecular flexibility index (Phi) is 8.52. The minimum absolute atomic E-state index is 0.0324. The highest BCUT2D eigenvalue weighted by Crippen LogP contribution is 2.32. The summed E-state index contributed by atoms with van der Waals surface area (Å²) in [5.74, 6) is 5.53. The normalized spacial score (nSPS) is 10.3. The number of phenols is 1. The molecule has 0 amide bonds. The van der Waals surface area contributed by atoms with E-state index in [4.69, 9.17) is 14.6 Å². The number of carboxylic acids is 1. The van der Waals surface area contributed by atoms with Crippen molar-refractivity contribution >= 4 is 17.8 Å². The first-order valence-corrected chi connectivity index (χ1v) is 9.50. The highest BCUT2D eigenvalue weighted by molar-refractivity contribution is 5.97. The molecular formula is C24H24O6. The molecule has 0 saturated carbocycles. The van der Waals surface area contributed by atoms with Gasteiger partial charge in [-0.05, 0) is 49.2 Å². The molecule has 6 heteroatoms. The molecule has 156 valence electrons. The van der Waals surface area contributed by atoms with E-state index in [1.807, 2.05) is 6.92 Å². The van der Waals surface area contributed by atoms with E-state index in [0.717, 1.165) is 12.5 Å². The number of rotatable bonds is 9. The van der Waals surface area contributed by atoms with Gasteiger partial charge in [0, 0.05) is 11.6 Å². The number of phenolic OH excluding ortho intramolecular Hbond substituents is 1. The fourth-order valence-electron chi connectivity index (χ4n) is 2.74. The highest BCUT2D eigenvalue weighted by Gasteiger charge is 2.15. The van der Waals surface area contributed by atoms with Gasteiger partial charge in [-0.2, -0.15) is 0 Å². The summed E-state index contributed by atoms with van der Waals surface area (Å²) in [5, 5.41) is 19.0. The van der Waals surface area contributed by atoms with Crippen molar-refractivity contribution in [1.82, 2.24) is 0 Å². The van der Waals surface area contributed by atoms with Crippen molar-refractivity contribution in [2.24, 2.45) is 0 Å². The van der Waals surface area contributed by atoms with Gasteiger partial charge in [0.2, 0.25) is 0 Å². The van der Waals surface area contributed by atoms with Crippen molar-refractivity contribution in [3.63, 3.8) is 0 Å². The lowest BCUT2D eigenvalue weighted by Crippen LogP contribution is -2.03. The van der Waals surface area contributed by atoms with Crippen molar-refractivity contribution < 1.29 is 29.3 Å². The maximum atomic E-state index is 11.6. The number of carboxylic acid groups (broad SMARTS) is 1. The molecule has 2 aromatic carbocycles. The third-order valence-corrected chi connectivity index (χ3v) is 4.13. The quantitative estimate of drug-likeness (QED) is 0.369. The summed E-state index contributed by atoms with van der Waals surface area (Å²) in [6.07, 6.45) is 3.93. The van der Waals surface area contributed by atoms with E-state index in [1.54, 1.807) is 36.4 Å². The molecule has 0 bridgehead atoms. The molecule has 0 aromatic heterocycles. The maximum absolute atomic E-state index is 11.6. The summed E-state index contributed by atoms with van der Waals surface area (Å²) in [7, 11) is 0. The zero-order valence-corrected chi connectivity index (χ0v) is 17.0. The third kappa shape index (κ3) is 6.71. The molecule has 30 heavy (non-hydrogen) atoms. The van der Waals surface area contributed by atoms with Crippen LogP contribution in [0.15, 0.2) is 42.5 Å². The minimum Gasteiger partial charge on any atom is -0.507 e. The summed E-state index contributed by atoms with van der Waals surface area (Å²) in [6, 6.07) is 10.2. The molecule has 0 aliphatic heterocycles. The summed E-state index contributed by atoms with van der Waals surface area (Å²) in [6.45, 7) is 3.65. The van der Waals surface area contributed by atoms with Gasteiger partial charge in [-0.1, -0.05) is 37.3 Å². The Morgan fingerprint density at radius 3 is 2.50 bits per heavy atom. The van der Waals surface area contributed by atoms with Crippen LogP contribution in [0.5, 0.6) is 17.2 Å². The first-order chi connectivity index (χ1) is 14.4. The largest absolute Gasteiger partial charge is 0.507 e. The zero-order chi connectivity index (χ0) is 21.9. The van der Waals surface area contributed by atoms with Gasteiger partial charge in [-0.25, -0.2) is 4.79 Å². The summed E-state index contributed by atoms with van der Waals surface area (Å²) in [5.41, 5.74) is 1.60. The van der Waals surface area contributed by atoms with Gasteiger partial charge in [0.05, 0.1) is 5.56 Å². The number of benzene rings is 2. The van der Waals surface area contributed by atoms with E-state index in [9.17, 15) is 14.7 Å². The molecule has 0 saturated heterocycles. The average Bonchev–Trinajstić information content (AvgIpc) is 2.71. The first kappa shape index (κ1) is 22.6. The molecule has 2 rings (SSSR count). The number of Topliss-reactive ketones (excluding diaryl/α,β-unsaturated/α-hetero) is 1. The van der Waals surface area contributed by atoms with E-state index in [-0.39, 0.29) is 30.3 Å². The Hall–Kier alpha value is -3.72. The number of carbonyl (C=O) groups excluding carboxylic acids is 1. The fraction of sp³-hybridized carbons (Fsp3) is 0.250. The third-order valence-electron chi connectivity index (χ3n) is 4.13. The Morgan fingerprint density at radius 2 is 1.83 bits per heavy atom. The second-order valence-corrected chi connectivity index (χ2v) is 6.42. The molecular weight excluding hydrogens is 384 g/mol. The predicted octanol–water partition coefficient (Wildman–Crippen LogP) is 4.11. The standard InChI is InChI=1S/C24H24O6/c1-3-7-21-22(12-11-20(17(2)25)24(21)28)30-15-5-4-14-29-19-9-6-8-18(16-19)10-13-23(26)27/h6,8-13,16,28H,3,7,14-15H2,1-2H3,(H,26,27). The van der Waals surface area contributed by atoms with Gasteiger partial charge < -0.3 is 19.7 Å². The summed E-state index contributed by atoms with van der Waals surface area (Å²) >= 11 is 0. The molecule has 2 N–H and O–H groups in total. The second kappa shape index (κ2) is 11.3. The molecule has 2 aromatic rings. The van der Waals surface area contributed by atoms with Gasteiger partial charge in [0.15, 0.2) is 5.78 Å². The second-order valence-electron chi connectivity index (χ2n) is 6.42. The van der Waals surface area contributed by atoms with Crippen LogP contribution < -0.4 is 9.47 Å². The molecule has 0 heterocycles. The fourth-order valence-corrected chi connectivity index (χ4v) is 2.74. The molecule has 0 aliphatic carbocycles. The van der Waals surface area contributed by atoms with Crippen molar-refractivity contribution in [2.45, 2.75) is 26.7 Å². The lowest BCUT2D eigenvalue weighted by Gasteiger charge is -2.13. The molecule has 0 atom stereocenters. The van der Waals surface area contributed by atoms with Crippen molar-refractivity contribution in [1.29, 1.82) is 0 Å². The predicted molar refractivity (Wildman–Crippen MR) is 114 cm³/mol. The van der Waals surface area contributed by atoms with Crippen LogP contribution in [0, 0.1) is 11.8 Å². The van der Waals surface area contributed by atoms with Crippen LogP contribution in [-0.4, -0.2) is 35.2 Å². The average molecular weight is 408 g/mol. The SMILES string of the molecule is CCCc1c(OCC#CCOc2cccc(C=CC(=O)O)c2)ccc(C(C)=O)c1O. The Balaban J connectivity index is 1.93. The van der Waals surface area contributed by atoms with Crippen molar-refractivity contribution in [2.75, 3.05) is 13.2 Å². The number of ketones is 1. The molecule has 0 unspecified atom stereocenters. The number of ether oxygens (including phenoxy) is 2. The van der Waals surface area contributed by atoms with E-state index < -0.39 is 5.97 Å². The van der Waals surface area contributed by atoms with Gasteiger partial charge in [0.1, 0.15) is 30.5 Å². The topological polar surface area (TPSA) is 93.1 Å². The van der Waals surface area contributed by atoms with Crippen molar-refractivity contribution in [3.8, 4) is 29.1 Å². The minimum atomic E-state index is -1.02. The monoisotopic (exact) mass is 408 g/mol. The van der Waals surface area contributed by atoms with E-state index in [1.165, 1.54) is 13.0 Å². The van der Waals surface area contributed by atoms with Crippen LogP contribution in [-0.2, 0) is 11.2 Å². The van der Waals surface area contributed by atoms with Crippen LogP contribution in [0.4, 0.5) is 0 Å². The number of aliphatic carboxylic acids is 1. The molecule has 0 fully saturated rings. The molecule has 0 aliphatic rings. The highest BCUT2D eigenvalue weighted by atomic mass is 16.5. The Labute approximate surface area is 175 Å². The Bertz CT molecular complexity index is 994. The number of hydrogen-bond acceptors (Lipinski definition) is 5. The van der Waals surface area contributed by atoms with Gasteiger partial charge in [0.25, 0.3) is 0 Å². The smallest absolute Gasteiger partial charge is 0.328 e. The van der Waals surface area contributed by atoms with E-state index in [0.29, 0.717) is 29.0 Å². The van der Waals surface area contributed by atoms with Crippen molar-refractivity contribution in [3.05, 3.63) is 59.2 Å². The molecule has 0 spiro atoms. The van der Waals surface area contributed by atoms with Crippen LogP contribution >= 0.6 is 0 Å². The zero-order valence-electron chi connectivity index (χ0n) is 17.0. The lowest BCUT2D eigenvalue weighted by molar-refractivity contribution is -0.131. The van der Waals surface area contributed by atoms with Crippen LogP contribution in [0.25, 0.3) is 6.08 Å². The molecule has 0 radical (unpaired) electrons. The summed E-state index contributed by atoms with van der Waals surface area (Å²) < 4.78 is 11.2. The van der Waals surface area contributed by atoms with Crippen LogP contribution in [0.3, 0.4) is 0 Å². The van der Waals surface area contributed by atoms with E-state index in [2.05, 4.69) is 11.8 Å². The Morgan fingerprint density at radius 1 is 1.10 bits per heavy atom. The van der Waals surface area contributed by atoms with Crippen LogP contribution in [0.1, 0.15) is 41.8 Å². The first-order valence-electron chi connectivity index (χ1n) is 9.50. The van der Waals surface area contributed by atoms with Crippen LogP contribution in [0.2, 0.25) is 0 Å². The summed E-state index contributed by atoms with van der Waals surface area (Å²) in [4.78, 5) is 22.2. The van der Waals surface area contributed by atoms with Gasteiger partial charge in [-0.15, -0.1) is 0 Å².